The first-order chi connectivity index (χ1) is 13.0. The van der Waals surface area contributed by atoms with E-state index in [2.05, 4.69) is 23.0 Å². The monoisotopic (exact) mass is 370 g/mol. The van der Waals surface area contributed by atoms with Crippen molar-refractivity contribution in [2.45, 2.75) is 63.8 Å². The van der Waals surface area contributed by atoms with Gasteiger partial charge in [-0.1, -0.05) is 6.92 Å². The lowest BCUT2D eigenvalue weighted by Crippen LogP contribution is -2.60. The van der Waals surface area contributed by atoms with Crippen molar-refractivity contribution in [2.75, 3.05) is 13.7 Å². The van der Waals surface area contributed by atoms with Crippen LogP contribution in [0.2, 0.25) is 0 Å². The number of esters is 1. The maximum atomic E-state index is 12.7. The van der Waals surface area contributed by atoms with Crippen LogP contribution in [0.15, 0.2) is 12.3 Å². The summed E-state index contributed by atoms with van der Waals surface area (Å²) in [6, 6.07) is 2.11. The number of fused-ring (bicyclic) bond motifs is 1. The molecule has 3 aliphatic rings. The van der Waals surface area contributed by atoms with Gasteiger partial charge in [0.05, 0.1) is 7.11 Å². The standard InChI is InChI=1S/C22H30N2O3/c1-14-9-15-11-19-18(22(12-14)17(15)5-4-8-24-22)10-16(13-23-19)20(25)6-3-7-21(26)27-2/h10,13-15,17,24H,3-9,11-12H2,1-2H3/t14-,15+,17?,22-/m1/s1. The van der Waals surface area contributed by atoms with Gasteiger partial charge in [0.25, 0.3) is 0 Å². The third-order valence-corrected chi connectivity index (χ3v) is 6.95. The van der Waals surface area contributed by atoms with Crippen LogP contribution in [0.3, 0.4) is 0 Å². The van der Waals surface area contributed by atoms with Gasteiger partial charge >= 0.3 is 5.97 Å². The second-order valence-electron chi connectivity index (χ2n) is 8.73. The van der Waals surface area contributed by atoms with Crippen LogP contribution in [0.25, 0.3) is 0 Å². The predicted molar refractivity (Wildman–Crippen MR) is 102 cm³/mol. The Labute approximate surface area is 161 Å². The van der Waals surface area contributed by atoms with Crippen molar-refractivity contribution in [1.29, 1.82) is 0 Å². The van der Waals surface area contributed by atoms with E-state index in [9.17, 15) is 9.59 Å². The first-order valence-electron chi connectivity index (χ1n) is 10.4. The smallest absolute Gasteiger partial charge is 0.305 e. The maximum Gasteiger partial charge on any atom is 0.305 e. The summed E-state index contributed by atoms with van der Waals surface area (Å²) < 4.78 is 4.65. The van der Waals surface area contributed by atoms with E-state index in [1.807, 2.05) is 0 Å². The highest BCUT2D eigenvalue weighted by Gasteiger charge is 2.53. The topological polar surface area (TPSA) is 68.3 Å². The summed E-state index contributed by atoms with van der Waals surface area (Å²) in [6.45, 7) is 3.41. The van der Waals surface area contributed by atoms with Crippen molar-refractivity contribution < 1.29 is 14.3 Å². The van der Waals surface area contributed by atoms with Gasteiger partial charge in [-0.2, -0.15) is 0 Å². The first kappa shape index (κ1) is 18.6. The number of Topliss-reactive ketones (excluding diaryl/α,β-unsaturated/α-hetero) is 1. The number of pyridine rings is 1. The Kier molecular flexibility index (Phi) is 5.06. The van der Waals surface area contributed by atoms with E-state index in [1.54, 1.807) is 6.20 Å². The molecule has 0 amide bonds. The summed E-state index contributed by atoms with van der Waals surface area (Å²) in [4.78, 5) is 28.7. The molecular formula is C22H30N2O3. The van der Waals surface area contributed by atoms with Crippen molar-refractivity contribution in [3.05, 3.63) is 29.1 Å². The minimum Gasteiger partial charge on any atom is -0.469 e. The lowest BCUT2D eigenvalue weighted by atomic mass is 9.54. The van der Waals surface area contributed by atoms with Gasteiger partial charge in [0, 0.05) is 35.8 Å². The molecule has 4 rings (SSSR count). The molecule has 0 radical (unpaired) electrons. The Balaban J connectivity index is 1.60. The van der Waals surface area contributed by atoms with Crippen molar-refractivity contribution in [3.8, 4) is 0 Å². The summed E-state index contributed by atoms with van der Waals surface area (Å²) in [5.74, 6) is 1.89. The van der Waals surface area contributed by atoms with Crippen LogP contribution in [0.1, 0.15) is 73.5 Å². The number of carbonyl (C=O) groups is 2. The molecule has 0 spiro atoms. The van der Waals surface area contributed by atoms with Crippen LogP contribution in [0, 0.1) is 17.8 Å². The van der Waals surface area contributed by atoms with E-state index < -0.39 is 0 Å². The fourth-order valence-electron chi connectivity index (χ4n) is 5.90. The molecule has 5 nitrogen and oxygen atoms in total. The summed E-state index contributed by atoms with van der Waals surface area (Å²) in [5.41, 5.74) is 3.15. The molecular weight excluding hydrogens is 340 g/mol. The zero-order valence-corrected chi connectivity index (χ0v) is 16.4. The normalized spacial score (nSPS) is 31.6. The molecule has 1 N–H and O–H groups in total. The Morgan fingerprint density at radius 1 is 1.37 bits per heavy atom. The predicted octanol–water partition coefficient (Wildman–Crippen LogP) is 3.40. The number of carbonyl (C=O) groups excluding carboxylic acids is 2. The zero-order valence-electron chi connectivity index (χ0n) is 16.4. The number of hydrogen-bond donors (Lipinski definition) is 1. The Morgan fingerprint density at radius 2 is 2.22 bits per heavy atom. The molecule has 5 heteroatoms. The third kappa shape index (κ3) is 3.31. The fourth-order valence-corrected chi connectivity index (χ4v) is 5.90. The number of nitrogens with zero attached hydrogens (tertiary/aromatic N) is 1. The zero-order chi connectivity index (χ0) is 19.0. The SMILES string of the molecule is COC(=O)CCCC(=O)c1cnc2c(c1)[C@@]13C[C@H](C)C[C@@H](C2)C1CCCN3. The Bertz CT molecular complexity index is 747. The Hall–Kier alpha value is -1.75. The quantitative estimate of drug-likeness (QED) is 0.635. The minimum absolute atomic E-state index is 0.00345. The summed E-state index contributed by atoms with van der Waals surface area (Å²) in [5, 5.41) is 3.87. The molecule has 27 heavy (non-hydrogen) atoms. The molecule has 1 aromatic heterocycles. The maximum absolute atomic E-state index is 12.7. The molecule has 1 aliphatic heterocycles. The molecule has 2 aliphatic carbocycles. The third-order valence-electron chi connectivity index (χ3n) is 6.95. The van der Waals surface area contributed by atoms with Gasteiger partial charge < -0.3 is 10.1 Å². The van der Waals surface area contributed by atoms with Crippen LogP contribution in [0.5, 0.6) is 0 Å². The number of aromatic nitrogens is 1. The highest BCUT2D eigenvalue weighted by molar-refractivity contribution is 5.96. The van der Waals surface area contributed by atoms with Crippen molar-refractivity contribution in [1.82, 2.24) is 10.3 Å². The lowest BCUT2D eigenvalue weighted by Gasteiger charge is -2.57. The first-order valence-corrected chi connectivity index (χ1v) is 10.4. The molecule has 1 saturated carbocycles. The molecule has 1 unspecified atom stereocenters. The number of rotatable bonds is 5. The summed E-state index contributed by atoms with van der Waals surface area (Å²) in [6.07, 6.45) is 8.92. The number of methoxy groups -OCH3 is 1. The summed E-state index contributed by atoms with van der Waals surface area (Å²) in [7, 11) is 1.38. The van der Waals surface area contributed by atoms with Gasteiger partial charge in [-0.05, 0) is 74.5 Å². The van der Waals surface area contributed by atoms with Crippen LogP contribution >= 0.6 is 0 Å². The lowest BCUT2D eigenvalue weighted by molar-refractivity contribution is -0.140. The number of piperidine rings is 1. The van der Waals surface area contributed by atoms with E-state index in [0.717, 1.165) is 19.4 Å². The van der Waals surface area contributed by atoms with Crippen molar-refractivity contribution in [3.63, 3.8) is 0 Å². The van der Waals surface area contributed by atoms with Crippen LogP contribution in [-0.2, 0) is 21.5 Å². The second kappa shape index (κ2) is 7.34. The van der Waals surface area contributed by atoms with E-state index in [4.69, 9.17) is 4.98 Å². The van der Waals surface area contributed by atoms with Crippen LogP contribution in [-0.4, -0.2) is 30.4 Å². The number of ether oxygens (including phenoxy) is 1. The van der Waals surface area contributed by atoms with Crippen LogP contribution < -0.4 is 5.32 Å². The number of ketones is 1. The second-order valence-corrected chi connectivity index (χ2v) is 8.73. The van der Waals surface area contributed by atoms with Gasteiger partial charge in [-0.3, -0.25) is 14.6 Å². The van der Waals surface area contributed by atoms with Gasteiger partial charge in [0.15, 0.2) is 5.78 Å². The molecule has 1 aromatic rings. The molecule has 1 saturated heterocycles. The van der Waals surface area contributed by atoms with Gasteiger partial charge in [-0.15, -0.1) is 0 Å². The Morgan fingerprint density at radius 3 is 3.04 bits per heavy atom. The molecule has 146 valence electrons. The largest absolute Gasteiger partial charge is 0.469 e. The average molecular weight is 370 g/mol. The number of hydrogen-bond acceptors (Lipinski definition) is 5. The van der Waals surface area contributed by atoms with Crippen molar-refractivity contribution in [2.24, 2.45) is 17.8 Å². The van der Waals surface area contributed by atoms with Crippen molar-refractivity contribution >= 4 is 11.8 Å². The van der Waals surface area contributed by atoms with E-state index in [1.165, 1.54) is 37.6 Å². The highest BCUT2D eigenvalue weighted by Crippen LogP contribution is 2.55. The molecule has 2 fully saturated rings. The minimum atomic E-state index is -0.262. The van der Waals surface area contributed by atoms with E-state index >= 15 is 0 Å². The van der Waals surface area contributed by atoms with Gasteiger partial charge in [-0.25, -0.2) is 0 Å². The highest BCUT2D eigenvalue weighted by atomic mass is 16.5. The molecule has 4 atom stereocenters. The number of nitrogens with one attached hydrogen (secondary N) is 1. The van der Waals surface area contributed by atoms with E-state index in [0.29, 0.717) is 36.2 Å². The summed E-state index contributed by atoms with van der Waals surface area (Å²) >= 11 is 0. The van der Waals surface area contributed by atoms with Gasteiger partial charge in [0.2, 0.25) is 0 Å². The molecule has 2 heterocycles. The van der Waals surface area contributed by atoms with Gasteiger partial charge in [0.1, 0.15) is 0 Å². The van der Waals surface area contributed by atoms with E-state index in [-0.39, 0.29) is 23.7 Å². The molecule has 0 aromatic carbocycles. The molecule has 2 bridgehead atoms. The fraction of sp³-hybridized carbons (Fsp3) is 0.682. The van der Waals surface area contributed by atoms with Crippen LogP contribution in [0.4, 0.5) is 0 Å². The average Bonchev–Trinajstić information content (AvgIpc) is 2.67.